The van der Waals surface area contributed by atoms with Crippen LogP contribution in [0.25, 0.3) is 0 Å². The molecule has 0 radical (unpaired) electrons. The van der Waals surface area contributed by atoms with Gasteiger partial charge in [0.1, 0.15) is 5.82 Å². The van der Waals surface area contributed by atoms with Gasteiger partial charge in [-0.25, -0.2) is 9.78 Å². The number of rotatable bonds is 5. The van der Waals surface area contributed by atoms with Crippen molar-refractivity contribution in [3.63, 3.8) is 0 Å². The van der Waals surface area contributed by atoms with E-state index in [1.54, 1.807) is 6.92 Å². The standard InChI is InChI=1S/C12H17BrN2O4/c1-5-19-12(17)9-10(18-4)11(16)15(7(2)3)8(6-13)14-9/h7H,5-6H2,1-4H3. The van der Waals surface area contributed by atoms with Gasteiger partial charge in [0.2, 0.25) is 5.75 Å². The highest BCUT2D eigenvalue weighted by molar-refractivity contribution is 9.08. The summed E-state index contributed by atoms with van der Waals surface area (Å²) in [6, 6.07) is -0.0855. The fourth-order valence-electron chi connectivity index (χ4n) is 1.71. The molecule has 0 amide bonds. The first-order chi connectivity index (χ1) is 8.97. The van der Waals surface area contributed by atoms with Crippen molar-refractivity contribution in [2.75, 3.05) is 13.7 Å². The molecule has 0 N–H and O–H groups in total. The van der Waals surface area contributed by atoms with Crippen LogP contribution >= 0.6 is 15.9 Å². The Labute approximate surface area is 119 Å². The summed E-state index contributed by atoms with van der Waals surface area (Å²) in [5, 5.41) is 0.358. The quantitative estimate of drug-likeness (QED) is 0.608. The molecule has 1 aromatic heterocycles. The van der Waals surface area contributed by atoms with Crippen molar-refractivity contribution in [3.05, 3.63) is 21.9 Å². The molecule has 0 atom stereocenters. The second-order valence-corrected chi connectivity index (χ2v) is 4.59. The molecule has 0 aliphatic heterocycles. The van der Waals surface area contributed by atoms with Crippen LogP contribution in [0.15, 0.2) is 4.79 Å². The summed E-state index contributed by atoms with van der Waals surface area (Å²) in [7, 11) is 1.33. The molecule has 19 heavy (non-hydrogen) atoms. The van der Waals surface area contributed by atoms with Gasteiger partial charge in [-0.15, -0.1) is 0 Å². The monoisotopic (exact) mass is 332 g/mol. The predicted octanol–water partition coefficient (Wildman–Crippen LogP) is 1.90. The van der Waals surface area contributed by atoms with Gasteiger partial charge in [0, 0.05) is 6.04 Å². The Hall–Kier alpha value is -1.37. The molecule has 0 fully saturated rings. The molecular formula is C12H17BrN2O4. The molecule has 0 saturated carbocycles. The van der Waals surface area contributed by atoms with E-state index < -0.39 is 5.97 Å². The van der Waals surface area contributed by atoms with Gasteiger partial charge in [-0.2, -0.15) is 0 Å². The third-order valence-corrected chi connectivity index (χ3v) is 2.96. The summed E-state index contributed by atoms with van der Waals surface area (Å²) < 4.78 is 11.4. The minimum absolute atomic E-state index is 0.0827. The molecule has 106 valence electrons. The molecule has 0 unspecified atom stereocenters. The topological polar surface area (TPSA) is 70.4 Å². The normalized spacial score (nSPS) is 10.6. The molecule has 0 aliphatic rings. The average molecular weight is 333 g/mol. The number of aromatic nitrogens is 2. The zero-order valence-corrected chi connectivity index (χ0v) is 13.0. The van der Waals surface area contributed by atoms with Gasteiger partial charge in [-0.1, -0.05) is 15.9 Å². The second kappa shape index (κ2) is 6.70. The van der Waals surface area contributed by atoms with Crippen LogP contribution < -0.4 is 10.3 Å². The van der Waals surface area contributed by atoms with Crippen molar-refractivity contribution in [3.8, 4) is 5.75 Å². The third-order valence-electron chi connectivity index (χ3n) is 2.46. The maximum absolute atomic E-state index is 12.3. The maximum atomic E-state index is 12.3. The first-order valence-corrected chi connectivity index (χ1v) is 7.02. The number of nitrogens with zero attached hydrogens (tertiary/aromatic N) is 2. The van der Waals surface area contributed by atoms with Crippen LogP contribution in [-0.2, 0) is 10.1 Å². The Morgan fingerprint density at radius 1 is 1.47 bits per heavy atom. The van der Waals surface area contributed by atoms with Crippen LogP contribution in [-0.4, -0.2) is 29.2 Å². The molecule has 0 aliphatic carbocycles. The Balaban J connectivity index is 3.54. The van der Waals surface area contributed by atoms with Gasteiger partial charge in [0.15, 0.2) is 5.69 Å². The first-order valence-electron chi connectivity index (χ1n) is 5.90. The number of carbonyl (C=O) groups is 1. The summed E-state index contributed by atoms with van der Waals surface area (Å²) >= 11 is 3.26. The van der Waals surface area contributed by atoms with Crippen LogP contribution in [0.5, 0.6) is 5.75 Å². The lowest BCUT2D eigenvalue weighted by Crippen LogP contribution is -2.30. The molecule has 6 nitrogen and oxygen atoms in total. The predicted molar refractivity (Wildman–Crippen MR) is 74.0 cm³/mol. The molecule has 1 rings (SSSR count). The average Bonchev–Trinajstić information content (AvgIpc) is 2.37. The molecule has 1 heterocycles. The smallest absolute Gasteiger partial charge is 0.361 e. The summed E-state index contributed by atoms with van der Waals surface area (Å²) in [5.41, 5.74) is -0.467. The SMILES string of the molecule is CCOC(=O)c1nc(CBr)n(C(C)C)c(=O)c1OC. The summed E-state index contributed by atoms with van der Waals surface area (Å²) in [5.74, 6) is -0.282. The fourth-order valence-corrected chi connectivity index (χ4v) is 2.11. The van der Waals surface area contributed by atoms with Crippen molar-refractivity contribution in [2.24, 2.45) is 0 Å². The maximum Gasteiger partial charge on any atom is 0.361 e. The second-order valence-electron chi connectivity index (χ2n) is 4.03. The molecule has 0 spiro atoms. The van der Waals surface area contributed by atoms with Crippen LogP contribution in [0.3, 0.4) is 0 Å². The zero-order valence-electron chi connectivity index (χ0n) is 11.4. The lowest BCUT2D eigenvalue weighted by Gasteiger charge is -2.17. The Morgan fingerprint density at radius 3 is 2.53 bits per heavy atom. The van der Waals surface area contributed by atoms with Gasteiger partial charge in [0.05, 0.1) is 19.0 Å². The summed E-state index contributed by atoms with van der Waals surface area (Å²) in [6.45, 7) is 5.61. The third kappa shape index (κ3) is 3.15. The Bertz CT molecular complexity index is 525. The largest absolute Gasteiger partial charge is 0.489 e. The van der Waals surface area contributed by atoms with Crippen LogP contribution in [0.4, 0.5) is 0 Å². The van der Waals surface area contributed by atoms with E-state index in [2.05, 4.69) is 20.9 Å². The van der Waals surface area contributed by atoms with Crippen molar-refractivity contribution >= 4 is 21.9 Å². The molecular weight excluding hydrogens is 316 g/mol. The fraction of sp³-hybridized carbons (Fsp3) is 0.583. The highest BCUT2D eigenvalue weighted by Crippen LogP contribution is 2.17. The summed E-state index contributed by atoms with van der Waals surface area (Å²) in [4.78, 5) is 28.3. The first kappa shape index (κ1) is 15.7. The van der Waals surface area contributed by atoms with Crippen LogP contribution in [0, 0.1) is 0 Å². The van der Waals surface area contributed by atoms with E-state index in [1.807, 2.05) is 13.8 Å². The Morgan fingerprint density at radius 2 is 2.11 bits per heavy atom. The number of alkyl halides is 1. The van der Waals surface area contributed by atoms with E-state index >= 15 is 0 Å². The molecule has 0 saturated heterocycles. The highest BCUT2D eigenvalue weighted by atomic mass is 79.9. The van der Waals surface area contributed by atoms with Gasteiger partial charge in [-0.3, -0.25) is 9.36 Å². The van der Waals surface area contributed by atoms with Gasteiger partial charge in [-0.05, 0) is 20.8 Å². The molecule has 0 bridgehead atoms. The molecule has 7 heteroatoms. The van der Waals surface area contributed by atoms with Gasteiger partial charge >= 0.3 is 5.97 Å². The highest BCUT2D eigenvalue weighted by Gasteiger charge is 2.23. The number of ether oxygens (including phenoxy) is 2. The van der Waals surface area contributed by atoms with Gasteiger partial charge < -0.3 is 9.47 Å². The van der Waals surface area contributed by atoms with Crippen molar-refractivity contribution in [1.82, 2.24) is 9.55 Å². The number of carbonyl (C=O) groups excluding carboxylic acids is 1. The minimum atomic E-state index is -0.658. The molecule has 0 aromatic carbocycles. The van der Waals surface area contributed by atoms with E-state index in [-0.39, 0.29) is 29.7 Å². The number of halogens is 1. The molecule has 1 aromatic rings. The zero-order chi connectivity index (χ0) is 14.6. The van der Waals surface area contributed by atoms with Crippen molar-refractivity contribution in [1.29, 1.82) is 0 Å². The minimum Gasteiger partial charge on any atom is -0.489 e. The van der Waals surface area contributed by atoms with E-state index in [1.165, 1.54) is 11.7 Å². The van der Waals surface area contributed by atoms with E-state index in [9.17, 15) is 9.59 Å². The number of methoxy groups -OCH3 is 1. The lowest BCUT2D eigenvalue weighted by atomic mass is 10.3. The number of hydrogen-bond acceptors (Lipinski definition) is 5. The van der Waals surface area contributed by atoms with E-state index in [0.717, 1.165) is 0 Å². The van der Waals surface area contributed by atoms with Crippen molar-refractivity contribution < 1.29 is 14.3 Å². The number of esters is 1. The summed E-state index contributed by atoms with van der Waals surface area (Å²) in [6.07, 6.45) is 0. The van der Waals surface area contributed by atoms with Crippen molar-refractivity contribution in [2.45, 2.75) is 32.1 Å². The van der Waals surface area contributed by atoms with E-state index in [4.69, 9.17) is 9.47 Å². The van der Waals surface area contributed by atoms with Crippen LogP contribution in [0.2, 0.25) is 0 Å². The Kier molecular flexibility index (Phi) is 5.53. The van der Waals surface area contributed by atoms with Gasteiger partial charge in [0.25, 0.3) is 5.56 Å². The van der Waals surface area contributed by atoms with E-state index in [0.29, 0.717) is 11.2 Å². The lowest BCUT2D eigenvalue weighted by molar-refractivity contribution is 0.0514. The number of hydrogen-bond donors (Lipinski definition) is 0. The van der Waals surface area contributed by atoms with Crippen LogP contribution in [0.1, 0.15) is 43.1 Å².